The molecular weight excluding hydrogens is 298 g/mol. The number of hydrogen-bond acceptors (Lipinski definition) is 4. The SMILES string of the molecule is C[C@H](N=C(N)SCc1ccc([N+](=O)[O-])cc1)c1ccccc1. The lowest BCUT2D eigenvalue weighted by molar-refractivity contribution is -0.384. The molecule has 1 atom stereocenters. The predicted molar refractivity (Wildman–Crippen MR) is 90.9 cm³/mol. The zero-order valence-electron chi connectivity index (χ0n) is 12.2. The van der Waals surface area contributed by atoms with Crippen molar-refractivity contribution >= 4 is 22.6 Å². The molecule has 2 rings (SSSR count). The van der Waals surface area contributed by atoms with Gasteiger partial charge in [-0.25, -0.2) is 0 Å². The third-order valence-corrected chi connectivity index (χ3v) is 4.02. The van der Waals surface area contributed by atoms with E-state index in [0.29, 0.717) is 10.9 Å². The highest BCUT2D eigenvalue weighted by atomic mass is 32.2. The summed E-state index contributed by atoms with van der Waals surface area (Å²) < 4.78 is 0. The monoisotopic (exact) mass is 315 g/mol. The number of rotatable bonds is 5. The number of nitro benzene ring substituents is 1. The number of nitrogens with two attached hydrogens (primary N) is 1. The normalized spacial score (nSPS) is 12.9. The Kier molecular flexibility index (Phi) is 5.55. The molecule has 2 N–H and O–H groups in total. The molecule has 0 unspecified atom stereocenters. The molecular formula is C16H17N3O2S. The van der Waals surface area contributed by atoms with Crippen molar-refractivity contribution in [2.45, 2.75) is 18.7 Å². The lowest BCUT2D eigenvalue weighted by atomic mass is 10.1. The van der Waals surface area contributed by atoms with Crippen LogP contribution < -0.4 is 5.73 Å². The quantitative estimate of drug-likeness (QED) is 0.392. The van der Waals surface area contributed by atoms with Gasteiger partial charge in [-0.2, -0.15) is 0 Å². The summed E-state index contributed by atoms with van der Waals surface area (Å²) in [6.07, 6.45) is 0. The summed E-state index contributed by atoms with van der Waals surface area (Å²) in [5, 5.41) is 11.1. The molecule has 0 saturated heterocycles. The first kappa shape index (κ1) is 16.0. The van der Waals surface area contributed by atoms with Crippen LogP contribution in [0.2, 0.25) is 0 Å². The molecule has 0 aliphatic heterocycles. The highest BCUT2D eigenvalue weighted by Gasteiger charge is 2.06. The van der Waals surface area contributed by atoms with Crippen LogP contribution in [0.4, 0.5) is 5.69 Å². The third kappa shape index (κ3) is 4.60. The van der Waals surface area contributed by atoms with E-state index < -0.39 is 4.92 Å². The molecule has 0 fully saturated rings. The first-order valence-corrected chi connectivity index (χ1v) is 7.79. The molecule has 114 valence electrons. The molecule has 0 spiro atoms. The Morgan fingerprint density at radius 1 is 1.23 bits per heavy atom. The summed E-state index contributed by atoms with van der Waals surface area (Å²) in [6.45, 7) is 1.99. The molecule has 5 nitrogen and oxygen atoms in total. The fourth-order valence-electron chi connectivity index (χ4n) is 1.91. The third-order valence-electron chi connectivity index (χ3n) is 3.14. The van der Waals surface area contributed by atoms with Crippen LogP contribution in [0.3, 0.4) is 0 Å². The number of amidine groups is 1. The van der Waals surface area contributed by atoms with Crippen LogP contribution in [0.25, 0.3) is 0 Å². The standard InChI is InChI=1S/C16H17N3O2S/c1-12(14-5-3-2-4-6-14)18-16(17)22-11-13-7-9-15(10-8-13)19(20)21/h2-10,12H,11H2,1H3,(H2,17,18)/t12-/m0/s1. The van der Waals surface area contributed by atoms with Gasteiger partial charge in [-0.05, 0) is 18.1 Å². The van der Waals surface area contributed by atoms with Crippen LogP contribution in [-0.4, -0.2) is 10.1 Å². The summed E-state index contributed by atoms with van der Waals surface area (Å²) in [6, 6.07) is 16.4. The van der Waals surface area contributed by atoms with Gasteiger partial charge in [0, 0.05) is 17.9 Å². The summed E-state index contributed by atoms with van der Waals surface area (Å²) in [4.78, 5) is 14.6. The number of aliphatic imine (C=N–C) groups is 1. The van der Waals surface area contributed by atoms with Crippen molar-refractivity contribution in [3.05, 3.63) is 75.8 Å². The van der Waals surface area contributed by atoms with Gasteiger partial charge in [0.1, 0.15) is 0 Å². The van der Waals surface area contributed by atoms with Crippen molar-refractivity contribution in [1.29, 1.82) is 0 Å². The minimum Gasteiger partial charge on any atom is -0.379 e. The number of hydrogen-bond donors (Lipinski definition) is 1. The maximum absolute atomic E-state index is 10.6. The number of nitrogens with zero attached hydrogens (tertiary/aromatic N) is 2. The van der Waals surface area contributed by atoms with Crippen LogP contribution in [0.1, 0.15) is 24.1 Å². The van der Waals surface area contributed by atoms with Crippen LogP contribution >= 0.6 is 11.8 Å². The Morgan fingerprint density at radius 3 is 2.45 bits per heavy atom. The van der Waals surface area contributed by atoms with Crippen LogP contribution in [0, 0.1) is 10.1 Å². The van der Waals surface area contributed by atoms with Gasteiger partial charge in [0.2, 0.25) is 0 Å². The highest BCUT2D eigenvalue weighted by Crippen LogP contribution is 2.20. The Labute approximate surface area is 133 Å². The van der Waals surface area contributed by atoms with E-state index in [4.69, 9.17) is 5.73 Å². The Bertz CT molecular complexity index is 657. The summed E-state index contributed by atoms with van der Waals surface area (Å²) in [5.74, 6) is 0.634. The molecule has 0 aromatic heterocycles. The molecule has 0 amide bonds. The second-order valence-corrected chi connectivity index (χ2v) is 5.76. The van der Waals surface area contributed by atoms with E-state index in [-0.39, 0.29) is 11.7 Å². The van der Waals surface area contributed by atoms with E-state index in [1.165, 1.54) is 23.9 Å². The second kappa shape index (κ2) is 7.61. The van der Waals surface area contributed by atoms with Gasteiger partial charge in [0.05, 0.1) is 11.0 Å². The minimum atomic E-state index is -0.408. The maximum Gasteiger partial charge on any atom is 0.269 e. The first-order valence-electron chi connectivity index (χ1n) is 6.80. The molecule has 0 aliphatic rings. The largest absolute Gasteiger partial charge is 0.379 e. The average Bonchev–Trinajstić information content (AvgIpc) is 2.54. The molecule has 0 bridgehead atoms. The minimum absolute atomic E-state index is 0.00515. The Morgan fingerprint density at radius 2 is 1.86 bits per heavy atom. The van der Waals surface area contributed by atoms with E-state index in [1.54, 1.807) is 12.1 Å². The van der Waals surface area contributed by atoms with Gasteiger partial charge in [-0.3, -0.25) is 15.1 Å². The van der Waals surface area contributed by atoms with E-state index in [9.17, 15) is 10.1 Å². The number of benzene rings is 2. The molecule has 0 heterocycles. The van der Waals surface area contributed by atoms with Crippen LogP contribution in [0.5, 0.6) is 0 Å². The van der Waals surface area contributed by atoms with Gasteiger partial charge >= 0.3 is 0 Å². The van der Waals surface area contributed by atoms with Crippen molar-refractivity contribution in [3.8, 4) is 0 Å². The topological polar surface area (TPSA) is 81.5 Å². The van der Waals surface area contributed by atoms with Crippen LogP contribution in [0.15, 0.2) is 59.6 Å². The maximum atomic E-state index is 10.6. The zero-order valence-corrected chi connectivity index (χ0v) is 13.0. The smallest absolute Gasteiger partial charge is 0.269 e. The van der Waals surface area contributed by atoms with Crippen molar-refractivity contribution in [2.75, 3.05) is 0 Å². The lowest BCUT2D eigenvalue weighted by Gasteiger charge is -2.08. The van der Waals surface area contributed by atoms with E-state index >= 15 is 0 Å². The van der Waals surface area contributed by atoms with Gasteiger partial charge < -0.3 is 5.73 Å². The zero-order chi connectivity index (χ0) is 15.9. The van der Waals surface area contributed by atoms with Crippen molar-refractivity contribution in [1.82, 2.24) is 0 Å². The van der Waals surface area contributed by atoms with Crippen molar-refractivity contribution < 1.29 is 4.92 Å². The molecule has 0 saturated carbocycles. The Hall–Kier alpha value is -2.34. The molecule has 0 radical (unpaired) electrons. The molecule has 0 aliphatic carbocycles. The van der Waals surface area contributed by atoms with Crippen molar-refractivity contribution in [2.24, 2.45) is 10.7 Å². The van der Waals surface area contributed by atoms with E-state index in [0.717, 1.165) is 11.1 Å². The molecule has 6 heteroatoms. The molecule has 2 aromatic rings. The van der Waals surface area contributed by atoms with E-state index in [2.05, 4.69) is 4.99 Å². The Balaban J connectivity index is 1.93. The van der Waals surface area contributed by atoms with Gasteiger partial charge in [0.15, 0.2) is 5.17 Å². The number of nitro groups is 1. The van der Waals surface area contributed by atoms with Gasteiger partial charge in [-0.15, -0.1) is 0 Å². The van der Waals surface area contributed by atoms with Crippen molar-refractivity contribution in [3.63, 3.8) is 0 Å². The van der Waals surface area contributed by atoms with Gasteiger partial charge in [0.25, 0.3) is 5.69 Å². The van der Waals surface area contributed by atoms with E-state index in [1.807, 2.05) is 37.3 Å². The first-order chi connectivity index (χ1) is 10.6. The second-order valence-electron chi connectivity index (χ2n) is 4.77. The molecule has 22 heavy (non-hydrogen) atoms. The van der Waals surface area contributed by atoms with Crippen LogP contribution in [-0.2, 0) is 5.75 Å². The number of non-ortho nitro benzene ring substituents is 1. The lowest BCUT2D eigenvalue weighted by Crippen LogP contribution is -2.09. The highest BCUT2D eigenvalue weighted by molar-refractivity contribution is 8.13. The fraction of sp³-hybridized carbons (Fsp3) is 0.188. The molecule has 2 aromatic carbocycles. The summed E-state index contributed by atoms with van der Waals surface area (Å²) >= 11 is 1.42. The average molecular weight is 315 g/mol. The predicted octanol–water partition coefficient (Wildman–Crippen LogP) is 3.90. The summed E-state index contributed by atoms with van der Waals surface area (Å²) in [7, 11) is 0. The number of thioether (sulfide) groups is 1. The fourth-order valence-corrected chi connectivity index (χ4v) is 2.65. The summed E-state index contributed by atoms with van der Waals surface area (Å²) in [5.41, 5.74) is 8.12. The van der Waals surface area contributed by atoms with Gasteiger partial charge in [-0.1, -0.05) is 54.2 Å².